The first kappa shape index (κ1) is 24.4. The van der Waals surface area contributed by atoms with Gasteiger partial charge in [-0.2, -0.15) is 0 Å². The molecule has 15 heavy (non-hydrogen) atoms. The van der Waals surface area contributed by atoms with Crippen LogP contribution in [0.1, 0.15) is 62.3 Å². The van der Waals surface area contributed by atoms with Gasteiger partial charge in [0, 0.05) is 7.11 Å². The van der Waals surface area contributed by atoms with Crippen LogP contribution in [-0.4, -0.2) is 15.4 Å². The van der Waals surface area contributed by atoms with E-state index in [-0.39, 0.29) is 0 Å². The second-order valence-electron chi connectivity index (χ2n) is 3.96. The first-order chi connectivity index (χ1) is 6.81. The third-order valence-electron chi connectivity index (χ3n) is 2.32. The molecule has 0 fully saturated rings. The Balaban J connectivity index is -0.0000000860. The highest BCUT2D eigenvalue weighted by Crippen LogP contribution is 2.35. The lowest BCUT2D eigenvalue weighted by Crippen LogP contribution is -2.39. The molecular formula is C13H36OSi. The molecule has 0 aliphatic rings. The van der Waals surface area contributed by atoms with E-state index < -0.39 is 8.32 Å². The summed E-state index contributed by atoms with van der Waals surface area (Å²) in [6.45, 7) is 23.2. The summed E-state index contributed by atoms with van der Waals surface area (Å²) in [5, 5.41) is 0.363. The molecule has 0 bridgehead atoms. The molecule has 0 atom stereocenters. The first-order valence-electron chi connectivity index (χ1n) is 6.36. The lowest BCUT2D eigenvalue weighted by Gasteiger charge is -2.34. The van der Waals surface area contributed by atoms with Crippen LogP contribution in [0.4, 0.5) is 0 Å². The predicted molar refractivity (Wildman–Crippen MR) is 78.3 cm³/mol. The van der Waals surface area contributed by atoms with Gasteiger partial charge in [-0.25, -0.2) is 0 Å². The van der Waals surface area contributed by atoms with Crippen LogP contribution in [0.5, 0.6) is 0 Å². The van der Waals surface area contributed by atoms with Crippen molar-refractivity contribution < 1.29 is 4.43 Å². The highest BCUT2D eigenvalue weighted by molar-refractivity contribution is 6.74. The molecule has 0 amide bonds. The Hall–Kier alpha value is 0.177. The van der Waals surface area contributed by atoms with Gasteiger partial charge < -0.3 is 4.43 Å². The van der Waals surface area contributed by atoms with Crippen molar-refractivity contribution in [3.63, 3.8) is 0 Å². The van der Waals surface area contributed by atoms with E-state index in [0.29, 0.717) is 5.04 Å². The normalized spacial score (nSPS) is 9.60. The minimum Gasteiger partial charge on any atom is -0.420 e. The third kappa shape index (κ3) is 14.2. The van der Waals surface area contributed by atoms with Gasteiger partial charge in [0.15, 0.2) is 8.32 Å². The van der Waals surface area contributed by atoms with Gasteiger partial charge in [0.2, 0.25) is 0 Å². The summed E-state index contributed by atoms with van der Waals surface area (Å²) in [7, 11) is 0.438. The summed E-state index contributed by atoms with van der Waals surface area (Å²) in [5.74, 6) is 0. The SMILES string of the molecule is CC.CC.CC.CO[Si](C)(C)C(C)(C)C. The van der Waals surface area contributed by atoms with E-state index in [9.17, 15) is 0 Å². The van der Waals surface area contributed by atoms with E-state index in [1.165, 1.54) is 0 Å². The fourth-order valence-electron chi connectivity index (χ4n) is 0.306. The molecule has 2 heteroatoms. The maximum absolute atomic E-state index is 5.44. The van der Waals surface area contributed by atoms with E-state index in [2.05, 4.69) is 33.9 Å². The van der Waals surface area contributed by atoms with Crippen molar-refractivity contribution >= 4 is 8.32 Å². The first-order valence-corrected chi connectivity index (χ1v) is 9.27. The number of hydrogen-bond donors (Lipinski definition) is 0. The Bertz CT molecular complexity index is 93.2. The van der Waals surface area contributed by atoms with Crippen molar-refractivity contribution in [3.05, 3.63) is 0 Å². The highest BCUT2D eigenvalue weighted by atomic mass is 28.4. The lowest BCUT2D eigenvalue weighted by molar-refractivity contribution is 0.373. The van der Waals surface area contributed by atoms with Gasteiger partial charge in [-0.15, -0.1) is 0 Å². The molecule has 0 aliphatic heterocycles. The Morgan fingerprint density at radius 3 is 0.933 bits per heavy atom. The maximum atomic E-state index is 5.44. The van der Waals surface area contributed by atoms with Crippen LogP contribution < -0.4 is 0 Å². The van der Waals surface area contributed by atoms with Crippen molar-refractivity contribution in [1.29, 1.82) is 0 Å². The van der Waals surface area contributed by atoms with Gasteiger partial charge in [-0.3, -0.25) is 0 Å². The van der Waals surface area contributed by atoms with Crippen LogP contribution in [0.3, 0.4) is 0 Å². The minimum atomic E-state index is -1.38. The molecule has 0 aliphatic carbocycles. The predicted octanol–water partition coefficient (Wildman–Crippen LogP) is 5.72. The molecule has 0 rings (SSSR count). The van der Waals surface area contributed by atoms with Crippen molar-refractivity contribution in [3.8, 4) is 0 Å². The van der Waals surface area contributed by atoms with Crippen molar-refractivity contribution in [2.45, 2.75) is 80.4 Å². The standard InChI is InChI=1S/C7H18OSi.3C2H6/c1-7(2,3)9(5,6)8-4;3*1-2/h1-6H3;3*1-2H3. The number of rotatable bonds is 1. The molecule has 0 aromatic carbocycles. The monoisotopic (exact) mass is 236 g/mol. The Labute approximate surface area is 101 Å². The van der Waals surface area contributed by atoms with Gasteiger partial charge in [0.25, 0.3) is 0 Å². The highest BCUT2D eigenvalue weighted by Gasteiger charge is 2.35. The average Bonchev–Trinajstić information content (AvgIpc) is 2.25. The van der Waals surface area contributed by atoms with Crippen LogP contribution in [0, 0.1) is 0 Å². The zero-order valence-electron chi connectivity index (χ0n) is 13.4. The zero-order chi connectivity index (χ0) is 13.7. The lowest BCUT2D eigenvalue weighted by atomic mass is 10.2. The van der Waals surface area contributed by atoms with E-state index in [0.717, 1.165) is 0 Å². The van der Waals surface area contributed by atoms with Gasteiger partial charge in [0.05, 0.1) is 0 Å². The van der Waals surface area contributed by atoms with Crippen LogP contribution in [0.25, 0.3) is 0 Å². The molecule has 0 saturated heterocycles. The van der Waals surface area contributed by atoms with Gasteiger partial charge in [-0.05, 0) is 18.1 Å². The molecule has 0 saturated carbocycles. The molecule has 0 radical (unpaired) electrons. The van der Waals surface area contributed by atoms with Gasteiger partial charge in [0.1, 0.15) is 0 Å². The smallest absolute Gasteiger partial charge is 0.191 e. The molecular weight excluding hydrogens is 200 g/mol. The molecule has 98 valence electrons. The van der Waals surface area contributed by atoms with Crippen LogP contribution in [0.15, 0.2) is 0 Å². The Morgan fingerprint density at radius 1 is 0.733 bits per heavy atom. The summed E-state index contributed by atoms with van der Waals surface area (Å²) in [4.78, 5) is 0. The molecule has 0 unspecified atom stereocenters. The molecule has 0 heterocycles. The molecule has 0 aromatic rings. The fourth-order valence-corrected chi connectivity index (χ4v) is 0.919. The molecule has 1 nitrogen and oxygen atoms in total. The maximum Gasteiger partial charge on any atom is 0.191 e. The van der Waals surface area contributed by atoms with Crippen LogP contribution >= 0.6 is 0 Å². The second-order valence-corrected chi connectivity index (χ2v) is 8.89. The molecule has 0 spiro atoms. The Kier molecular flexibility index (Phi) is 23.1. The van der Waals surface area contributed by atoms with Gasteiger partial charge in [-0.1, -0.05) is 62.3 Å². The minimum absolute atomic E-state index is 0.363. The van der Waals surface area contributed by atoms with E-state index >= 15 is 0 Å². The Morgan fingerprint density at radius 2 is 0.933 bits per heavy atom. The largest absolute Gasteiger partial charge is 0.420 e. The summed E-state index contributed by atoms with van der Waals surface area (Å²) in [5.41, 5.74) is 0. The van der Waals surface area contributed by atoms with Crippen molar-refractivity contribution in [2.75, 3.05) is 7.11 Å². The van der Waals surface area contributed by atoms with Crippen LogP contribution in [-0.2, 0) is 4.43 Å². The summed E-state index contributed by atoms with van der Waals surface area (Å²) >= 11 is 0. The zero-order valence-corrected chi connectivity index (χ0v) is 14.4. The fraction of sp³-hybridized carbons (Fsp3) is 1.00. The second kappa shape index (κ2) is 14.2. The topological polar surface area (TPSA) is 9.23 Å². The van der Waals surface area contributed by atoms with Crippen molar-refractivity contribution in [2.24, 2.45) is 0 Å². The van der Waals surface area contributed by atoms with E-state index in [1.807, 2.05) is 48.7 Å². The third-order valence-corrected chi connectivity index (χ3v) is 6.95. The summed E-state index contributed by atoms with van der Waals surface area (Å²) < 4.78 is 5.44. The quantitative estimate of drug-likeness (QED) is 0.529. The van der Waals surface area contributed by atoms with Crippen LogP contribution in [0.2, 0.25) is 18.1 Å². The van der Waals surface area contributed by atoms with E-state index in [4.69, 9.17) is 4.43 Å². The van der Waals surface area contributed by atoms with Gasteiger partial charge >= 0.3 is 0 Å². The summed E-state index contributed by atoms with van der Waals surface area (Å²) in [6, 6.07) is 0. The molecule has 0 N–H and O–H groups in total. The number of hydrogen-bond acceptors (Lipinski definition) is 1. The average molecular weight is 237 g/mol. The van der Waals surface area contributed by atoms with E-state index in [1.54, 1.807) is 0 Å². The molecule has 0 aromatic heterocycles. The summed E-state index contributed by atoms with van der Waals surface area (Å²) in [6.07, 6.45) is 0. The van der Waals surface area contributed by atoms with Crippen molar-refractivity contribution in [1.82, 2.24) is 0 Å².